The summed E-state index contributed by atoms with van der Waals surface area (Å²) in [6, 6.07) is 0. The number of hydrogen-bond acceptors (Lipinski definition) is 9. The lowest BCUT2D eigenvalue weighted by Gasteiger charge is -2.19. The van der Waals surface area contributed by atoms with Crippen LogP contribution in [0.2, 0.25) is 0 Å². The van der Waals surface area contributed by atoms with Gasteiger partial charge < -0.3 is 24.8 Å². The Bertz CT molecular complexity index is 1290. The average Bonchev–Trinajstić information content (AvgIpc) is 3.97. The van der Waals surface area contributed by atoms with Crippen molar-refractivity contribution in [2.45, 2.75) is 173 Å². The number of carbonyl (C=O) groups is 2. The first kappa shape index (κ1) is 53.2. The molecular formula is C47H78NO9P. The van der Waals surface area contributed by atoms with Gasteiger partial charge in [-0.25, -0.2) is 4.57 Å². The second-order valence-electron chi connectivity index (χ2n) is 14.6. The molecule has 1 saturated heterocycles. The standard InChI is InChI=1S/C47H78NO9P/c1-3-5-7-9-11-13-14-15-16-17-18-19-20-21-22-24-26-28-34-38-47(50)56-43(42-55-58(51,52)54-40-39-48)41-53-46(49)37-33-30-29-32-36-45-44(57-45)35-31-27-25-23-12-10-8-6-4-2/h11-13,15-16,18-19,21-23,27,29,31-32,43-45H,3-10,14,17,20,24-26,28,30,33-42,48H2,1-2H3,(H,51,52)/b13-11-,16-15-,19-18-,22-21-,23-12-,31-27-,32-29-/t43-,44?,45?/m1/s1. The largest absolute Gasteiger partial charge is 0.472 e. The first-order valence-electron chi connectivity index (χ1n) is 22.2. The Balaban J connectivity index is 2.26. The van der Waals surface area contributed by atoms with Crippen LogP contribution in [0.1, 0.15) is 155 Å². The van der Waals surface area contributed by atoms with Gasteiger partial charge in [0.15, 0.2) is 6.10 Å². The van der Waals surface area contributed by atoms with Crippen molar-refractivity contribution in [3.63, 3.8) is 0 Å². The van der Waals surface area contributed by atoms with Crippen molar-refractivity contribution in [2.24, 2.45) is 5.73 Å². The van der Waals surface area contributed by atoms with Crippen molar-refractivity contribution in [1.82, 2.24) is 0 Å². The zero-order valence-electron chi connectivity index (χ0n) is 35.9. The van der Waals surface area contributed by atoms with Gasteiger partial charge in [-0.2, -0.15) is 0 Å². The van der Waals surface area contributed by atoms with E-state index in [4.69, 9.17) is 29.0 Å². The molecule has 3 N–H and O–H groups in total. The van der Waals surface area contributed by atoms with Crippen LogP contribution in [-0.2, 0) is 37.4 Å². The fourth-order valence-corrected chi connectivity index (χ4v) is 6.47. The fourth-order valence-electron chi connectivity index (χ4n) is 5.71. The number of unbranched alkanes of at least 4 members (excludes halogenated alkanes) is 10. The van der Waals surface area contributed by atoms with Crippen molar-refractivity contribution in [2.75, 3.05) is 26.4 Å². The molecule has 1 heterocycles. The maximum absolute atomic E-state index is 12.6. The second-order valence-corrected chi connectivity index (χ2v) is 16.0. The maximum Gasteiger partial charge on any atom is 0.472 e. The van der Waals surface area contributed by atoms with E-state index in [1.54, 1.807) is 0 Å². The molecule has 4 atom stereocenters. The van der Waals surface area contributed by atoms with Gasteiger partial charge in [0.1, 0.15) is 6.61 Å². The summed E-state index contributed by atoms with van der Waals surface area (Å²) in [7, 11) is -4.41. The number of phosphoric acid groups is 1. The molecule has 0 aromatic heterocycles. The Hall–Kier alpha value is -2.85. The smallest absolute Gasteiger partial charge is 0.462 e. The van der Waals surface area contributed by atoms with Gasteiger partial charge in [0.25, 0.3) is 0 Å². The topological polar surface area (TPSA) is 147 Å². The summed E-state index contributed by atoms with van der Waals surface area (Å²) < 4.78 is 38.5. The van der Waals surface area contributed by atoms with E-state index in [0.29, 0.717) is 19.3 Å². The van der Waals surface area contributed by atoms with Crippen LogP contribution in [0.5, 0.6) is 0 Å². The maximum atomic E-state index is 12.6. The minimum Gasteiger partial charge on any atom is -0.462 e. The number of esters is 2. The highest BCUT2D eigenvalue weighted by Gasteiger charge is 2.36. The molecule has 1 fully saturated rings. The predicted molar refractivity (Wildman–Crippen MR) is 237 cm³/mol. The van der Waals surface area contributed by atoms with Gasteiger partial charge in [0.2, 0.25) is 0 Å². The van der Waals surface area contributed by atoms with Crippen LogP contribution in [-0.4, -0.2) is 61.5 Å². The molecule has 0 spiro atoms. The zero-order chi connectivity index (χ0) is 42.2. The third-order valence-corrected chi connectivity index (χ3v) is 10.1. The molecule has 1 rings (SSSR count). The van der Waals surface area contributed by atoms with Gasteiger partial charge in [-0.15, -0.1) is 0 Å². The molecular weight excluding hydrogens is 753 g/mol. The van der Waals surface area contributed by atoms with E-state index in [2.05, 4.69) is 92.8 Å². The summed E-state index contributed by atoms with van der Waals surface area (Å²) >= 11 is 0. The quantitative estimate of drug-likeness (QED) is 0.0202. The first-order chi connectivity index (χ1) is 28.3. The van der Waals surface area contributed by atoms with Crippen molar-refractivity contribution in [3.05, 3.63) is 85.1 Å². The number of hydrogen-bond donors (Lipinski definition) is 2. The number of epoxide rings is 1. The Kier molecular flexibility index (Phi) is 35.2. The van der Waals surface area contributed by atoms with E-state index in [9.17, 15) is 19.0 Å². The first-order valence-corrected chi connectivity index (χ1v) is 23.7. The van der Waals surface area contributed by atoms with E-state index in [-0.39, 0.29) is 44.8 Å². The summed E-state index contributed by atoms with van der Waals surface area (Å²) in [5.74, 6) is -0.947. The van der Waals surface area contributed by atoms with Gasteiger partial charge in [-0.3, -0.25) is 18.6 Å². The lowest BCUT2D eigenvalue weighted by Crippen LogP contribution is -2.29. The van der Waals surface area contributed by atoms with Crippen LogP contribution in [0, 0.1) is 0 Å². The molecule has 11 heteroatoms. The Labute approximate surface area is 351 Å². The van der Waals surface area contributed by atoms with Crippen LogP contribution in [0.15, 0.2) is 85.1 Å². The number of rotatable bonds is 39. The molecule has 1 aliphatic heterocycles. The molecule has 10 nitrogen and oxygen atoms in total. The van der Waals surface area contributed by atoms with Crippen LogP contribution < -0.4 is 5.73 Å². The van der Waals surface area contributed by atoms with Crippen LogP contribution in [0.25, 0.3) is 0 Å². The van der Waals surface area contributed by atoms with Gasteiger partial charge in [-0.05, 0) is 96.3 Å². The summed E-state index contributed by atoms with van der Waals surface area (Å²) in [6.45, 7) is 3.54. The van der Waals surface area contributed by atoms with Crippen molar-refractivity contribution < 1.29 is 42.3 Å². The minimum atomic E-state index is -4.41. The lowest BCUT2D eigenvalue weighted by atomic mass is 10.1. The number of phosphoric ester groups is 1. The zero-order valence-corrected chi connectivity index (χ0v) is 36.8. The van der Waals surface area contributed by atoms with Gasteiger partial charge >= 0.3 is 19.8 Å². The normalized spacial score (nSPS) is 17.6. The Morgan fingerprint density at radius 3 is 1.62 bits per heavy atom. The number of nitrogens with two attached hydrogens (primary N) is 1. The van der Waals surface area contributed by atoms with Crippen molar-refractivity contribution in [3.8, 4) is 0 Å². The van der Waals surface area contributed by atoms with E-state index in [0.717, 1.165) is 64.2 Å². The summed E-state index contributed by atoms with van der Waals surface area (Å²) in [6.07, 6.45) is 50.7. The Morgan fingerprint density at radius 1 is 0.603 bits per heavy atom. The summed E-state index contributed by atoms with van der Waals surface area (Å²) in [5.41, 5.74) is 5.35. The third-order valence-electron chi connectivity index (χ3n) is 9.16. The third kappa shape index (κ3) is 35.1. The highest BCUT2D eigenvalue weighted by molar-refractivity contribution is 7.47. The SMILES string of the molecule is CCCCC/C=C\C/C=C\C/C=C\C/C=C\CCCCCC(=O)O[C@H](COC(=O)CCC/C=C\CC1OC1C/C=C\C/C=C\CCCCC)COP(=O)(O)OCCN. The van der Waals surface area contributed by atoms with Crippen molar-refractivity contribution >= 4 is 19.8 Å². The average molecular weight is 832 g/mol. The molecule has 1 aliphatic rings. The Morgan fingerprint density at radius 2 is 1.07 bits per heavy atom. The molecule has 0 aromatic carbocycles. The van der Waals surface area contributed by atoms with E-state index in [1.807, 2.05) is 6.08 Å². The number of carbonyl (C=O) groups excluding carboxylic acids is 2. The van der Waals surface area contributed by atoms with Gasteiger partial charge in [0.05, 0.1) is 25.4 Å². The summed E-state index contributed by atoms with van der Waals surface area (Å²) in [5, 5.41) is 0. The minimum absolute atomic E-state index is 0.0333. The molecule has 330 valence electrons. The molecule has 0 bridgehead atoms. The fraction of sp³-hybridized carbons (Fsp3) is 0.660. The number of ether oxygens (including phenoxy) is 3. The molecule has 0 radical (unpaired) electrons. The van der Waals surface area contributed by atoms with E-state index in [1.165, 1.54) is 44.9 Å². The van der Waals surface area contributed by atoms with Gasteiger partial charge in [-0.1, -0.05) is 131 Å². The van der Waals surface area contributed by atoms with Crippen molar-refractivity contribution in [1.29, 1.82) is 0 Å². The van der Waals surface area contributed by atoms with E-state index >= 15 is 0 Å². The molecule has 3 unspecified atom stereocenters. The molecule has 58 heavy (non-hydrogen) atoms. The van der Waals surface area contributed by atoms with Gasteiger partial charge in [0, 0.05) is 19.4 Å². The monoisotopic (exact) mass is 832 g/mol. The highest BCUT2D eigenvalue weighted by Crippen LogP contribution is 2.43. The molecule has 0 aliphatic carbocycles. The highest BCUT2D eigenvalue weighted by atomic mass is 31.2. The molecule has 0 saturated carbocycles. The predicted octanol–water partition coefficient (Wildman–Crippen LogP) is 11.8. The number of allylic oxidation sites excluding steroid dienone is 12. The molecule has 0 amide bonds. The van der Waals surface area contributed by atoms with Crippen LogP contribution >= 0.6 is 7.82 Å². The van der Waals surface area contributed by atoms with E-state index < -0.39 is 32.5 Å². The van der Waals surface area contributed by atoms with Crippen LogP contribution in [0.3, 0.4) is 0 Å². The second kappa shape index (κ2) is 38.4. The summed E-state index contributed by atoms with van der Waals surface area (Å²) in [4.78, 5) is 34.9. The van der Waals surface area contributed by atoms with Crippen LogP contribution in [0.4, 0.5) is 0 Å². The molecule has 0 aromatic rings. The lowest BCUT2D eigenvalue weighted by molar-refractivity contribution is -0.161.